The van der Waals surface area contributed by atoms with E-state index in [0.717, 1.165) is 0 Å². The number of aromatic nitrogens is 2. The third-order valence-electron chi connectivity index (χ3n) is 4.95. The number of H-pyrrole nitrogens is 1. The van der Waals surface area contributed by atoms with Crippen molar-refractivity contribution in [3.63, 3.8) is 0 Å². The van der Waals surface area contributed by atoms with Crippen molar-refractivity contribution in [1.82, 2.24) is 25.9 Å². The Labute approximate surface area is 209 Å². The van der Waals surface area contributed by atoms with Crippen molar-refractivity contribution in [2.45, 2.75) is 62.7 Å². The van der Waals surface area contributed by atoms with Crippen LogP contribution in [-0.4, -0.2) is 85.8 Å². The van der Waals surface area contributed by atoms with E-state index in [-0.39, 0.29) is 19.3 Å². The summed E-state index contributed by atoms with van der Waals surface area (Å²) in [5.74, 6) is -7.45. The highest BCUT2D eigenvalue weighted by atomic mass is 16.4. The summed E-state index contributed by atoms with van der Waals surface area (Å²) in [5, 5.41) is 25.1. The quantitative estimate of drug-likeness (QED) is 0.0937. The van der Waals surface area contributed by atoms with Gasteiger partial charge in [0.25, 0.3) is 0 Å². The second-order valence-corrected chi connectivity index (χ2v) is 8.02. The van der Waals surface area contributed by atoms with Gasteiger partial charge < -0.3 is 48.3 Å². The molecule has 17 heteroatoms. The van der Waals surface area contributed by atoms with Crippen LogP contribution >= 0.6 is 0 Å². The summed E-state index contributed by atoms with van der Waals surface area (Å²) in [6.45, 7) is 0. The van der Waals surface area contributed by atoms with Gasteiger partial charge in [0.1, 0.15) is 18.1 Å². The lowest BCUT2D eigenvalue weighted by Gasteiger charge is -2.24. The van der Waals surface area contributed by atoms with E-state index in [1.807, 2.05) is 0 Å². The normalized spacial score (nSPS) is 13.9. The van der Waals surface area contributed by atoms with Crippen LogP contribution in [0.1, 0.15) is 37.8 Å². The van der Waals surface area contributed by atoms with Crippen molar-refractivity contribution in [2.24, 2.45) is 17.2 Å². The Kier molecular flexibility index (Phi) is 12.2. The first kappa shape index (κ1) is 30.5. The highest BCUT2D eigenvalue weighted by molar-refractivity contribution is 5.96. The topological polar surface area (TPSA) is 303 Å². The number of rotatable bonds is 17. The average molecular weight is 527 g/mol. The number of hydrogen-bond acceptors (Lipinski definition) is 9. The molecule has 4 atom stereocenters. The number of carbonyl (C=O) groups is 7. The first-order valence-electron chi connectivity index (χ1n) is 10.9. The molecule has 0 aliphatic rings. The SMILES string of the molecule is NC(=O)CCC(N)C(=O)NC(CC(N)=O)C(=O)NC(CCC(=O)O)C(=O)NC(Cc1cnc[nH]1)C(=O)O. The number of nitrogens with one attached hydrogen (secondary N) is 4. The first-order valence-corrected chi connectivity index (χ1v) is 10.9. The molecule has 0 aliphatic heterocycles. The molecule has 1 heterocycles. The molecule has 0 radical (unpaired) electrons. The van der Waals surface area contributed by atoms with Gasteiger partial charge in [-0.15, -0.1) is 0 Å². The predicted molar refractivity (Wildman–Crippen MR) is 123 cm³/mol. The minimum atomic E-state index is -1.61. The van der Waals surface area contributed by atoms with E-state index < -0.39 is 84.9 Å². The van der Waals surface area contributed by atoms with Crippen molar-refractivity contribution in [3.05, 3.63) is 18.2 Å². The number of hydrogen-bond donors (Lipinski definition) is 9. The summed E-state index contributed by atoms with van der Waals surface area (Å²) in [7, 11) is 0. The summed E-state index contributed by atoms with van der Waals surface area (Å²) >= 11 is 0. The number of amides is 5. The maximum Gasteiger partial charge on any atom is 0.326 e. The fourth-order valence-corrected chi connectivity index (χ4v) is 3.02. The zero-order valence-corrected chi connectivity index (χ0v) is 19.6. The van der Waals surface area contributed by atoms with Crippen molar-refractivity contribution in [1.29, 1.82) is 0 Å². The largest absolute Gasteiger partial charge is 0.481 e. The molecular formula is C20H30N8O9. The van der Waals surface area contributed by atoms with Crippen LogP contribution in [0.3, 0.4) is 0 Å². The minimum absolute atomic E-state index is 0.150. The Morgan fingerprint density at radius 3 is 1.95 bits per heavy atom. The molecule has 0 aliphatic carbocycles. The Bertz CT molecular complexity index is 998. The molecule has 17 nitrogen and oxygen atoms in total. The Morgan fingerprint density at radius 1 is 0.838 bits per heavy atom. The molecule has 0 spiro atoms. The van der Waals surface area contributed by atoms with Gasteiger partial charge in [-0.25, -0.2) is 9.78 Å². The fraction of sp³-hybridized carbons (Fsp3) is 0.500. The molecule has 0 fully saturated rings. The van der Waals surface area contributed by atoms with Gasteiger partial charge in [0.05, 0.1) is 18.8 Å². The van der Waals surface area contributed by atoms with Gasteiger partial charge in [-0.3, -0.25) is 28.8 Å². The molecule has 1 rings (SSSR count). The molecule has 12 N–H and O–H groups in total. The monoisotopic (exact) mass is 526 g/mol. The molecule has 0 bridgehead atoms. The Morgan fingerprint density at radius 2 is 1.43 bits per heavy atom. The number of carboxylic acid groups (broad SMARTS) is 2. The molecule has 0 saturated heterocycles. The second-order valence-electron chi connectivity index (χ2n) is 8.02. The van der Waals surface area contributed by atoms with Crippen LogP contribution in [-0.2, 0) is 40.0 Å². The Hall–Kier alpha value is -4.54. The van der Waals surface area contributed by atoms with E-state index in [0.29, 0.717) is 5.69 Å². The molecule has 204 valence electrons. The zero-order valence-electron chi connectivity index (χ0n) is 19.6. The lowest BCUT2D eigenvalue weighted by molar-refractivity contribution is -0.143. The van der Waals surface area contributed by atoms with Crippen molar-refractivity contribution in [2.75, 3.05) is 0 Å². The van der Waals surface area contributed by atoms with Crippen LogP contribution in [0.15, 0.2) is 12.5 Å². The lowest BCUT2D eigenvalue weighted by atomic mass is 10.1. The fourth-order valence-electron chi connectivity index (χ4n) is 3.02. The molecule has 1 aromatic heterocycles. The van der Waals surface area contributed by atoms with Gasteiger partial charge in [-0.1, -0.05) is 0 Å². The van der Waals surface area contributed by atoms with Gasteiger partial charge in [-0.05, 0) is 12.8 Å². The lowest BCUT2D eigenvalue weighted by Crippen LogP contribution is -2.58. The third-order valence-corrected chi connectivity index (χ3v) is 4.95. The number of nitrogens with zero attached hydrogens (tertiary/aromatic N) is 1. The minimum Gasteiger partial charge on any atom is -0.481 e. The van der Waals surface area contributed by atoms with E-state index in [1.54, 1.807) is 0 Å². The van der Waals surface area contributed by atoms with E-state index in [9.17, 15) is 38.7 Å². The number of nitrogens with two attached hydrogens (primary N) is 3. The standard InChI is InChI=1S/C20H30N8O9/c21-10(1-3-14(22)29)17(33)27-12(6-15(23)30)19(35)26-11(2-4-16(31)32)18(34)28-13(20(36)37)5-9-7-24-8-25-9/h7-8,10-13H,1-6,21H2,(H2,22,29)(H2,23,30)(H,24,25)(H,26,35)(H,27,33)(H,28,34)(H,31,32)(H,36,37). The van der Waals surface area contributed by atoms with E-state index >= 15 is 0 Å². The number of primary amides is 2. The smallest absolute Gasteiger partial charge is 0.326 e. The van der Waals surface area contributed by atoms with Gasteiger partial charge >= 0.3 is 11.9 Å². The molecule has 4 unspecified atom stereocenters. The average Bonchev–Trinajstić information content (AvgIpc) is 3.31. The van der Waals surface area contributed by atoms with Crippen LogP contribution in [0.4, 0.5) is 0 Å². The first-order chi connectivity index (χ1) is 17.3. The Balaban J connectivity index is 3.00. The number of aliphatic carboxylic acids is 2. The number of imidazole rings is 1. The number of carboxylic acids is 2. The van der Waals surface area contributed by atoms with Crippen molar-refractivity contribution in [3.8, 4) is 0 Å². The van der Waals surface area contributed by atoms with Crippen LogP contribution in [0.25, 0.3) is 0 Å². The summed E-state index contributed by atoms with van der Waals surface area (Å²) in [4.78, 5) is 89.4. The molecule has 5 amide bonds. The summed E-state index contributed by atoms with van der Waals surface area (Å²) in [6.07, 6.45) is 0.357. The van der Waals surface area contributed by atoms with E-state index in [4.69, 9.17) is 22.3 Å². The van der Waals surface area contributed by atoms with Crippen LogP contribution in [0.5, 0.6) is 0 Å². The van der Waals surface area contributed by atoms with Crippen molar-refractivity contribution < 1.29 is 43.8 Å². The van der Waals surface area contributed by atoms with Crippen LogP contribution in [0.2, 0.25) is 0 Å². The van der Waals surface area contributed by atoms with Gasteiger partial charge in [0, 0.05) is 31.2 Å². The maximum atomic E-state index is 12.8. The number of carbonyl (C=O) groups excluding carboxylic acids is 5. The second kappa shape index (κ2) is 14.8. The van der Waals surface area contributed by atoms with Gasteiger partial charge in [0.15, 0.2) is 0 Å². The van der Waals surface area contributed by atoms with Crippen molar-refractivity contribution >= 4 is 41.5 Å². The highest BCUT2D eigenvalue weighted by Gasteiger charge is 2.31. The van der Waals surface area contributed by atoms with Gasteiger partial charge in [-0.2, -0.15) is 0 Å². The number of aromatic amines is 1. The van der Waals surface area contributed by atoms with Gasteiger partial charge in [0.2, 0.25) is 29.5 Å². The predicted octanol–water partition coefficient (Wildman–Crippen LogP) is -4.18. The zero-order chi connectivity index (χ0) is 28.1. The molecule has 37 heavy (non-hydrogen) atoms. The molecule has 1 aromatic rings. The highest BCUT2D eigenvalue weighted by Crippen LogP contribution is 2.05. The summed E-state index contributed by atoms with van der Waals surface area (Å²) in [6, 6.07) is -5.88. The summed E-state index contributed by atoms with van der Waals surface area (Å²) in [5.41, 5.74) is 16.2. The van der Waals surface area contributed by atoms with E-state index in [2.05, 4.69) is 25.9 Å². The molecule has 0 aromatic carbocycles. The third kappa shape index (κ3) is 11.6. The molecule has 0 saturated carbocycles. The van der Waals surface area contributed by atoms with Crippen LogP contribution < -0.4 is 33.2 Å². The maximum absolute atomic E-state index is 12.8. The van der Waals surface area contributed by atoms with E-state index in [1.165, 1.54) is 12.5 Å². The molecular weight excluding hydrogens is 496 g/mol. The summed E-state index contributed by atoms with van der Waals surface area (Å²) < 4.78 is 0. The van der Waals surface area contributed by atoms with Crippen LogP contribution in [0, 0.1) is 0 Å².